The number of H-pyrrole nitrogens is 1. The van der Waals surface area contributed by atoms with Gasteiger partial charge in [0.25, 0.3) is 5.91 Å². The van der Waals surface area contributed by atoms with Gasteiger partial charge in [0, 0.05) is 24.2 Å². The molecule has 0 aliphatic rings. The zero-order valence-electron chi connectivity index (χ0n) is 13.8. The molecule has 0 saturated carbocycles. The Bertz CT molecular complexity index is 1040. The number of hydrogen-bond donors (Lipinski definition) is 3. The van der Waals surface area contributed by atoms with Gasteiger partial charge in [0.1, 0.15) is 5.52 Å². The maximum Gasteiger partial charge on any atom is 0.287 e. The second kappa shape index (κ2) is 7.42. The van der Waals surface area contributed by atoms with Gasteiger partial charge < -0.3 is 16.0 Å². The first-order valence-corrected chi connectivity index (χ1v) is 8.17. The van der Waals surface area contributed by atoms with E-state index in [0.717, 1.165) is 0 Å². The smallest absolute Gasteiger partial charge is 0.287 e. The number of nitrogens with two attached hydrogens (primary N) is 1. The van der Waals surface area contributed by atoms with Crippen LogP contribution in [0.25, 0.3) is 11.0 Å². The van der Waals surface area contributed by atoms with Gasteiger partial charge in [-0.2, -0.15) is 0 Å². The molecule has 1 amide bonds. The molecule has 6 nitrogen and oxygen atoms in total. The molecule has 4 N–H and O–H groups in total. The molecule has 0 unspecified atom stereocenters. The summed E-state index contributed by atoms with van der Waals surface area (Å²) in [5.41, 5.74) is 6.97. The van der Waals surface area contributed by atoms with Gasteiger partial charge in [-0.05, 0) is 25.1 Å². The minimum absolute atomic E-state index is 0.165. The number of rotatable bonds is 3. The fourth-order valence-corrected chi connectivity index (χ4v) is 2.49. The summed E-state index contributed by atoms with van der Waals surface area (Å²) in [6, 6.07) is 6.26. The topological polar surface area (TPSA) is 96.7 Å². The molecule has 2 heterocycles. The van der Waals surface area contributed by atoms with Gasteiger partial charge in [0.2, 0.25) is 0 Å². The monoisotopic (exact) mass is 371 g/mol. The van der Waals surface area contributed by atoms with Crippen LogP contribution in [0.2, 0.25) is 5.02 Å². The number of nitrogens with one attached hydrogen (secondary N) is 2. The van der Waals surface area contributed by atoms with E-state index in [2.05, 4.69) is 32.1 Å². The highest BCUT2D eigenvalue weighted by atomic mass is 35.5. The third kappa shape index (κ3) is 3.92. The molecule has 1 aromatic carbocycles. The number of amides is 1. The highest BCUT2D eigenvalue weighted by Crippen LogP contribution is 2.20. The summed E-state index contributed by atoms with van der Waals surface area (Å²) >= 11 is 6.06. The Morgan fingerprint density at radius 3 is 3.04 bits per heavy atom. The van der Waals surface area contributed by atoms with E-state index >= 15 is 0 Å². The number of nitrogen functional groups attached to an aromatic ring is 1. The molecule has 0 spiro atoms. The average molecular weight is 372 g/mol. The molecule has 2 aromatic heterocycles. The van der Waals surface area contributed by atoms with Crippen molar-refractivity contribution in [2.45, 2.75) is 19.4 Å². The summed E-state index contributed by atoms with van der Waals surface area (Å²) in [6.45, 7) is 1.81. The Morgan fingerprint density at radius 2 is 2.31 bits per heavy atom. The fraction of sp³-hybridized carbons (Fsp3) is 0.167. The first-order valence-electron chi connectivity index (χ1n) is 7.79. The Kier molecular flexibility index (Phi) is 5.05. The van der Waals surface area contributed by atoms with Gasteiger partial charge in [-0.25, -0.2) is 14.4 Å². The number of fused-ring (bicyclic) bond motifs is 1. The van der Waals surface area contributed by atoms with Crippen LogP contribution in [0, 0.1) is 17.7 Å². The van der Waals surface area contributed by atoms with Crippen LogP contribution in [0.3, 0.4) is 0 Å². The molecule has 0 bridgehead atoms. The van der Waals surface area contributed by atoms with Crippen molar-refractivity contribution in [3.05, 3.63) is 52.7 Å². The van der Waals surface area contributed by atoms with E-state index < -0.39 is 5.82 Å². The van der Waals surface area contributed by atoms with Crippen LogP contribution in [0.4, 0.5) is 10.2 Å². The van der Waals surface area contributed by atoms with Gasteiger partial charge in [-0.15, -0.1) is 0 Å². The highest BCUT2D eigenvalue weighted by Gasteiger charge is 2.14. The first-order chi connectivity index (χ1) is 12.4. The summed E-state index contributed by atoms with van der Waals surface area (Å²) in [5, 5.41) is 3.27. The Morgan fingerprint density at radius 1 is 1.50 bits per heavy atom. The first kappa shape index (κ1) is 17.7. The molecule has 3 rings (SSSR count). The van der Waals surface area contributed by atoms with E-state index in [1.807, 2.05) is 6.92 Å². The predicted octanol–water partition coefficient (Wildman–Crippen LogP) is 2.89. The highest BCUT2D eigenvalue weighted by molar-refractivity contribution is 6.35. The van der Waals surface area contributed by atoms with E-state index in [0.29, 0.717) is 28.0 Å². The van der Waals surface area contributed by atoms with Gasteiger partial charge in [0.15, 0.2) is 17.5 Å². The molecule has 3 aromatic rings. The van der Waals surface area contributed by atoms with E-state index in [4.69, 9.17) is 17.3 Å². The number of hydrogen-bond acceptors (Lipinski definition) is 4. The van der Waals surface area contributed by atoms with E-state index in [-0.39, 0.29) is 23.6 Å². The zero-order valence-corrected chi connectivity index (χ0v) is 14.6. The molecule has 8 heteroatoms. The lowest BCUT2D eigenvalue weighted by molar-refractivity contribution is 0.0931. The third-order valence-electron chi connectivity index (χ3n) is 3.57. The predicted molar refractivity (Wildman–Crippen MR) is 98.1 cm³/mol. The fourth-order valence-electron chi connectivity index (χ4n) is 2.27. The molecule has 1 atom stereocenters. The molecule has 132 valence electrons. The van der Waals surface area contributed by atoms with Crippen molar-refractivity contribution in [2.24, 2.45) is 0 Å². The van der Waals surface area contributed by atoms with Crippen LogP contribution < -0.4 is 11.1 Å². The summed E-state index contributed by atoms with van der Waals surface area (Å²) < 4.78 is 13.3. The maximum absolute atomic E-state index is 13.3. The van der Waals surface area contributed by atoms with Crippen LogP contribution in [0.15, 0.2) is 30.5 Å². The number of carbonyl (C=O) groups excluding carboxylic acids is 1. The molecular weight excluding hydrogens is 357 g/mol. The quantitative estimate of drug-likeness (QED) is 0.617. The van der Waals surface area contributed by atoms with Gasteiger partial charge in [-0.3, -0.25) is 4.79 Å². The van der Waals surface area contributed by atoms with Crippen molar-refractivity contribution in [1.82, 2.24) is 20.3 Å². The van der Waals surface area contributed by atoms with Crippen LogP contribution in [-0.4, -0.2) is 26.9 Å². The number of pyridine rings is 1. The largest absolute Gasteiger partial charge is 0.381 e. The number of benzene rings is 1. The molecule has 0 fully saturated rings. The minimum atomic E-state index is -0.610. The van der Waals surface area contributed by atoms with E-state index in [1.54, 1.807) is 18.2 Å². The van der Waals surface area contributed by atoms with E-state index in [1.165, 1.54) is 12.3 Å². The summed E-state index contributed by atoms with van der Waals surface area (Å²) in [7, 11) is 0. The average Bonchev–Trinajstić information content (AvgIpc) is 3.04. The van der Waals surface area contributed by atoms with Crippen molar-refractivity contribution in [3.63, 3.8) is 0 Å². The van der Waals surface area contributed by atoms with Crippen molar-refractivity contribution < 1.29 is 9.18 Å². The van der Waals surface area contributed by atoms with E-state index in [9.17, 15) is 9.18 Å². The number of aromatic amines is 1. The molecular formula is C18H15ClFN5O. The SMILES string of the molecule is C[C@@H](CC#Cc1cnc(N)c(F)c1)NC(=O)c1nc2c(Cl)cccc2[nH]1. The third-order valence-corrected chi connectivity index (χ3v) is 3.87. The number of carbonyl (C=O) groups is 1. The minimum Gasteiger partial charge on any atom is -0.381 e. The van der Waals surface area contributed by atoms with Crippen molar-refractivity contribution in [3.8, 4) is 11.8 Å². The van der Waals surface area contributed by atoms with Crippen LogP contribution in [0.5, 0.6) is 0 Å². The normalized spacial score (nSPS) is 11.7. The van der Waals surface area contributed by atoms with Crippen molar-refractivity contribution in [2.75, 3.05) is 5.73 Å². The number of nitrogens with zero attached hydrogens (tertiary/aromatic N) is 2. The molecule has 0 radical (unpaired) electrons. The van der Waals surface area contributed by atoms with Gasteiger partial charge in [-0.1, -0.05) is 29.5 Å². The maximum atomic E-state index is 13.3. The van der Waals surface area contributed by atoms with Crippen LogP contribution >= 0.6 is 11.6 Å². The number of imidazole rings is 1. The summed E-state index contributed by atoms with van der Waals surface area (Å²) in [5.74, 6) is 4.71. The number of anilines is 1. The lowest BCUT2D eigenvalue weighted by Gasteiger charge is -2.08. The van der Waals surface area contributed by atoms with Crippen molar-refractivity contribution in [1.29, 1.82) is 0 Å². The van der Waals surface area contributed by atoms with Crippen LogP contribution in [0.1, 0.15) is 29.5 Å². The lowest BCUT2D eigenvalue weighted by atomic mass is 10.2. The molecule has 0 saturated heterocycles. The van der Waals surface area contributed by atoms with Crippen LogP contribution in [-0.2, 0) is 0 Å². The second-order valence-electron chi connectivity index (χ2n) is 5.69. The van der Waals surface area contributed by atoms with Gasteiger partial charge in [0.05, 0.1) is 10.5 Å². The Hall–Kier alpha value is -3.11. The number of aromatic nitrogens is 3. The number of para-hydroxylation sites is 1. The molecule has 0 aliphatic carbocycles. The number of halogens is 2. The molecule has 0 aliphatic heterocycles. The summed E-state index contributed by atoms with van der Waals surface area (Å²) in [4.78, 5) is 23.1. The standard InChI is InChI=1S/C18H15ClFN5O/c1-10(4-2-5-11-8-13(20)16(21)22-9-11)23-18(26)17-24-14-7-3-6-12(19)15(14)25-17/h3,6-10H,4H2,1H3,(H2,21,22)(H,23,26)(H,24,25)/t10-/m0/s1. The zero-order chi connectivity index (χ0) is 18.7. The van der Waals surface area contributed by atoms with Crippen molar-refractivity contribution >= 4 is 34.4 Å². The molecule has 26 heavy (non-hydrogen) atoms. The summed E-state index contributed by atoms with van der Waals surface area (Å²) in [6.07, 6.45) is 1.77. The second-order valence-corrected chi connectivity index (χ2v) is 6.10. The van der Waals surface area contributed by atoms with Gasteiger partial charge >= 0.3 is 0 Å². The Labute approximate surface area is 154 Å². The Balaban J connectivity index is 1.63. The lowest BCUT2D eigenvalue weighted by Crippen LogP contribution is -2.32.